The number of methoxy groups -OCH3 is 1. The van der Waals surface area contributed by atoms with Crippen molar-refractivity contribution >= 4 is 11.9 Å². The second kappa shape index (κ2) is 7.07. The monoisotopic (exact) mass is 296 g/mol. The van der Waals surface area contributed by atoms with Crippen LogP contribution in [0.3, 0.4) is 0 Å². The first-order valence-electron chi connectivity index (χ1n) is 7.66. The molecule has 0 spiro atoms. The normalized spacial score (nSPS) is 29.6. The SMILES string of the molecule is CCCCOC(=O)C1(C(=O)OCCOC)CC2C=CC1C2. The molecule has 0 heterocycles. The predicted molar refractivity (Wildman–Crippen MR) is 76.5 cm³/mol. The van der Waals surface area contributed by atoms with Crippen LogP contribution in [0, 0.1) is 17.3 Å². The van der Waals surface area contributed by atoms with Gasteiger partial charge in [-0.25, -0.2) is 0 Å². The van der Waals surface area contributed by atoms with E-state index in [0.717, 1.165) is 19.3 Å². The summed E-state index contributed by atoms with van der Waals surface area (Å²) in [6, 6.07) is 0. The highest BCUT2D eigenvalue weighted by Crippen LogP contribution is 2.53. The van der Waals surface area contributed by atoms with Gasteiger partial charge in [0.15, 0.2) is 5.41 Å². The largest absolute Gasteiger partial charge is 0.465 e. The molecule has 2 bridgehead atoms. The van der Waals surface area contributed by atoms with Gasteiger partial charge in [-0.2, -0.15) is 0 Å². The zero-order chi connectivity index (χ0) is 15.3. The van der Waals surface area contributed by atoms with E-state index in [9.17, 15) is 9.59 Å². The maximum absolute atomic E-state index is 12.5. The maximum atomic E-state index is 12.5. The molecular weight excluding hydrogens is 272 g/mol. The molecule has 2 aliphatic carbocycles. The van der Waals surface area contributed by atoms with Gasteiger partial charge in [0.05, 0.1) is 13.2 Å². The Morgan fingerprint density at radius 1 is 1.14 bits per heavy atom. The smallest absolute Gasteiger partial charge is 0.324 e. The summed E-state index contributed by atoms with van der Waals surface area (Å²) in [6.07, 6.45) is 7.15. The van der Waals surface area contributed by atoms with E-state index < -0.39 is 17.4 Å². The molecule has 1 saturated carbocycles. The van der Waals surface area contributed by atoms with E-state index >= 15 is 0 Å². The van der Waals surface area contributed by atoms with Gasteiger partial charge in [0.1, 0.15) is 6.61 Å². The number of unbranched alkanes of at least 4 members (excludes halogenated alkanes) is 1. The number of esters is 2. The minimum atomic E-state index is -1.14. The van der Waals surface area contributed by atoms with Gasteiger partial charge in [-0.3, -0.25) is 9.59 Å². The van der Waals surface area contributed by atoms with Gasteiger partial charge in [-0.1, -0.05) is 25.5 Å². The van der Waals surface area contributed by atoms with E-state index in [2.05, 4.69) is 6.08 Å². The molecule has 0 aromatic heterocycles. The first-order valence-corrected chi connectivity index (χ1v) is 7.66. The molecule has 0 saturated heterocycles. The third kappa shape index (κ3) is 3.12. The van der Waals surface area contributed by atoms with E-state index in [-0.39, 0.29) is 18.4 Å². The molecule has 3 atom stereocenters. The fourth-order valence-electron chi connectivity index (χ4n) is 3.19. The molecular formula is C16H24O5. The van der Waals surface area contributed by atoms with Gasteiger partial charge in [0.25, 0.3) is 0 Å². The van der Waals surface area contributed by atoms with E-state index in [4.69, 9.17) is 14.2 Å². The van der Waals surface area contributed by atoms with Crippen molar-refractivity contribution in [3.8, 4) is 0 Å². The van der Waals surface area contributed by atoms with Gasteiger partial charge >= 0.3 is 11.9 Å². The average molecular weight is 296 g/mol. The maximum Gasteiger partial charge on any atom is 0.324 e. The van der Waals surface area contributed by atoms with E-state index in [0.29, 0.717) is 19.6 Å². The van der Waals surface area contributed by atoms with E-state index in [1.54, 1.807) is 7.11 Å². The van der Waals surface area contributed by atoms with E-state index in [1.165, 1.54) is 0 Å². The van der Waals surface area contributed by atoms with Crippen LogP contribution in [0.15, 0.2) is 12.2 Å². The summed E-state index contributed by atoms with van der Waals surface area (Å²) in [7, 11) is 1.54. The summed E-state index contributed by atoms with van der Waals surface area (Å²) in [4.78, 5) is 25.0. The van der Waals surface area contributed by atoms with Gasteiger partial charge in [-0.05, 0) is 25.2 Å². The number of rotatable bonds is 8. The van der Waals surface area contributed by atoms with Crippen LogP contribution in [0.1, 0.15) is 32.6 Å². The topological polar surface area (TPSA) is 61.8 Å². The van der Waals surface area contributed by atoms with Crippen LogP contribution in [0.4, 0.5) is 0 Å². The number of hydrogen-bond acceptors (Lipinski definition) is 5. The first kappa shape index (κ1) is 16.0. The lowest BCUT2D eigenvalue weighted by molar-refractivity contribution is -0.175. The minimum absolute atomic E-state index is 0.0910. The van der Waals surface area contributed by atoms with Crippen molar-refractivity contribution in [2.75, 3.05) is 26.9 Å². The molecule has 21 heavy (non-hydrogen) atoms. The second-order valence-corrected chi connectivity index (χ2v) is 5.78. The van der Waals surface area contributed by atoms with Crippen LogP contribution in [0.25, 0.3) is 0 Å². The third-order valence-corrected chi connectivity index (χ3v) is 4.37. The number of carbonyl (C=O) groups is 2. The van der Waals surface area contributed by atoms with Crippen LogP contribution in [0.5, 0.6) is 0 Å². The summed E-state index contributed by atoms with van der Waals surface area (Å²) in [6.45, 7) is 2.89. The summed E-state index contributed by atoms with van der Waals surface area (Å²) < 4.78 is 15.5. The molecule has 118 valence electrons. The van der Waals surface area contributed by atoms with Crippen LogP contribution in [-0.4, -0.2) is 38.9 Å². The fourth-order valence-corrected chi connectivity index (χ4v) is 3.19. The molecule has 5 nitrogen and oxygen atoms in total. The highest BCUT2D eigenvalue weighted by Gasteiger charge is 2.60. The van der Waals surface area contributed by atoms with Gasteiger partial charge in [-0.15, -0.1) is 0 Å². The van der Waals surface area contributed by atoms with Crippen LogP contribution >= 0.6 is 0 Å². The Morgan fingerprint density at radius 3 is 2.38 bits per heavy atom. The molecule has 0 N–H and O–H groups in total. The number of carbonyl (C=O) groups excluding carboxylic acids is 2. The van der Waals surface area contributed by atoms with E-state index in [1.807, 2.05) is 13.0 Å². The van der Waals surface area contributed by atoms with Crippen LogP contribution in [-0.2, 0) is 23.8 Å². The number of hydrogen-bond donors (Lipinski definition) is 0. The molecule has 0 aliphatic heterocycles. The van der Waals surface area contributed by atoms with Gasteiger partial charge in [0.2, 0.25) is 0 Å². The molecule has 1 fully saturated rings. The van der Waals surface area contributed by atoms with Crippen molar-refractivity contribution < 1.29 is 23.8 Å². The van der Waals surface area contributed by atoms with Crippen LogP contribution in [0.2, 0.25) is 0 Å². The molecule has 0 aromatic carbocycles. The summed E-state index contributed by atoms with van der Waals surface area (Å²) >= 11 is 0. The van der Waals surface area contributed by atoms with Crippen molar-refractivity contribution in [3.63, 3.8) is 0 Å². The van der Waals surface area contributed by atoms with Crippen molar-refractivity contribution in [2.45, 2.75) is 32.6 Å². The molecule has 3 unspecified atom stereocenters. The molecule has 0 aromatic rings. The Kier molecular flexibility index (Phi) is 5.39. The Balaban J connectivity index is 2.07. The molecule has 5 heteroatoms. The van der Waals surface area contributed by atoms with Crippen molar-refractivity contribution in [1.29, 1.82) is 0 Å². The van der Waals surface area contributed by atoms with Gasteiger partial charge in [0, 0.05) is 13.0 Å². The summed E-state index contributed by atoms with van der Waals surface area (Å²) in [5, 5.41) is 0. The minimum Gasteiger partial charge on any atom is -0.465 e. The van der Waals surface area contributed by atoms with Crippen LogP contribution < -0.4 is 0 Å². The predicted octanol–water partition coefficient (Wildman–Crippen LogP) is 2.10. The molecule has 0 radical (unpaired) electrons. The lowest BCUT2D eigenvalue weighted by atomic mass is 9.75. The standard InChI is InChI=1S/C16H24O5/c1-3-4-7-20-14(17)16(15(18)21-9-8-19-2)11-12-5-6-13(16)10-12/h5-6,12-13H,3-4,7-11H2,1-2H3. The summed E-state index contributed by atoms with van der Waals surface area (Å²) in [5.41, 5.74) is -1.14. The number of fused-ring (bicyclic) bond motifs is 2. The average Bonchev–Trinajstić information content (AvgIpc) is 3.08. The first-order chi connectivity index (χ1) is 10.1. The second-order valence-electron chi connectivity index (χ2n) is 5.78. The Morgan fingerprint density at radius 2 is 1.86 bits per heavy atom. The third-order valence-electron chi connectivity index (χ3n) is 4.37. The number of allylic oxidation sites excluding steroid dienone is 2. The zero-order valence-electron chi connectivity index (χ0n) is 12.8. The van der Waals surface area contributed by atoms with Crippen molar-refractivity contribution in [1.82, 2.24) is 0 Å². The fraction of sp³-hybridized carbons (Fsp3) is 0.750. The van der Waals surface area contributed by atoms with Gasteiger partial charge < -0.3 is 14.2 Å². The molecule has 2 aliphatic rings. The Labute approximate surface area is 125 Å². The quantitative estimate of drug-likeness (QED) is 0.297. The lowest BCUT2D eigenvalue weighted by Crippen LogP contribution is -2.45. The van der Waals surface area contributed by atoms with Crippen molar-refractivity contribution in [3.05, 3.63) is 12.2 Å². The highest BCUT2D eigenvalue weighted by molar-refractivity contribution is 6.01. The molecule has 2 rings (SSSR count). The zero-order valence-corrected chi connectivity index (χ0v) is 12.8. The lowest BCUT2D eigenvalue weighted by Gasteiger charge is -2.30. The molecule has 0 amide bonds. The summed E-state index contributed by atoms with van der Waals surface area (Å²) in [5.74, 6) is -0.691. The van der Waals surface area contributed by atoms with Crippen molar-refractivity contribution in [2.24, 2.45) is 17.3 Å². The number of ether oxygens (including phenoxy) is 3. The Hall–Kier alpha value is -1.36. The Bertz CT molecular complexity index is 393. The highest BCUT2D eigenvalue weighted by atomic mass is 16.6.